The van der Waals surface area contributed by atoms with Gasteiger partial charge in [0.05, 0.1) is 0 Å². The summed E-state index contributed by atoms with van der Waals surface area (Å²) in [7, 11) is 0. The van der Waals surface area contributed by atoms with Crippen LogP contribution in [0.15, 0.2) is 30.3 Å². The summed E-state index contributed by atoms with van der Waals surface area (Å²) in [4.78, 5) is 5.37. The van der Waals surface area contributed by atoms with Crippen LogP contribution in [0, 0.1) is 0 Å². The molecule has 0 radical (unpaired) electrons. The zero-order valence-electron chi connectivity index (χ0n) is 13.3. The van der Waals surface area contributed by atoms with Crippen molar-refractivity contribution in [3.05, 3.63) is 35.9 Å². The predicted molar refractivity (Wildman–Crippen MR) is 88.6 cm³/mol. The molecule has 1 unspecified atom stereocenters. The average molecular weight is 287 g/mol. The van der Waals surface area contributed by atoms with E-state index in [4.69, 9.17) is 0 Å². The first-order chi connectivity index (χ1) is 10.3. The summed E-state index contributed by atoms with van der Waals surface area (Å²) in [5, 5.41) is 3.55. The van der Waals surface area contributed by atoms with Crippen molar-refractivity contribution in [3.63, 3.8) is 0 Å². The molecule has 116 valence electrons. The molecule has 3 rings (SSSR count). The Hall–Kier alpha value is -0.900. The maximum absolute atomic E-state index is 3.55. The Labute approximate surface area is 129 Å². The smallest absolute Gasteiger partial charge is 0.0167 e. The van der Waals surface area contributed by atoms with Gasteiger partial charge in [0.2, 0.25) is 0 Å². The van der Waals surface area contributed by atoms with Gasteiger partial charge in [0.15, 0.2) is 0 Å². The van der Waals surface area contributed by atoms with Gasteiger partial charge in [-0.3, -0.25) is 4.90 Å². The van der Waals surface area contributed by atoms with Crippen LogP contribution in [0.1, 0.15) is 25.3 Å². The van der Waals surface area contributed by atoms with Crippen LogP contribution >= 0.6 is 0 Å². The summed E-state index contributed by atoms with van der Waals surface area (Å²) in [5.41, 5.74) is 1.47. The number of hydrogen-bond acceptors (Lipinski definition) is 3. The van der Waals surface area contributed by atoms with Crippen molar-refractivity contribution in [2.24, 2.45) is 0 Å². The third-order valence-electron chi connectivity index (χ3n) is 5.03. The minimum Gasteiger partial charge on any atom is -0.312 e. The van der Waals surface area contributed by atoms with Gasteiger partial charge in [-0.05, 0) is 44.8 Å². The summed E-state index contributed by atoms with van der Waals surface area (Å²) < 4.78 is 0. The summed E-state index contributed by atoms with van der Waals surface area (Å²) in [6, 6.07) is 12.4. The van der Waals surface area contributed by atoms with Gasteiger partial charge in [0, 0.05) is 38.3 Å². The van der Waals surface area contributed by atoms with Gasteiger partial charge in [-0.25, -0.2) is 0 Å². The zero-order valence-corrected chi connectivity index (χ0v) is 13.3. The Morgan fingerprint density at radius 3 is 2.57 bits per heavy atom. The molecule has 0 aromatic heterocycles. The largest absolute Gasteiger partial charge is 0.312 e. The quantitative estimate of drug-likeness (QED) is 0.913. The standard InChI is InChI=1S/C18H29N3/c1-16-15-21(14-10-19-16)18-8-12-20(13-9-18)11-7-17-5-3-2-4-6-17/h2-6,16,18-19H,7-15H2,1H3. The highest BCUT2D eigenvalue weighted by Crippen LogP contribution is 2.18. The monoisotopic (exact) mass is 287 g/mol. The van der Waals surface area contributed by atoms with Crippen molar-refractivity contribution in [3.8, 4) is 0 Å². The number of nitrogens with zero attached hydrogens (tertiary/aromatic N) is 2. The predicted octanol–water partition coefficient (Wildman–Crippen LogP) is 1.99. The highest BCUT2D eigenvalue weighted by Gasteiger charge is 2.27. The van der Waals surface area contributed by atoms with Crippen molar-refractivity contribution in [1.29, 1.82) is 0 Å². The molecule has 0 saturated carbocycles. The molecule has 0 spiro atoms. The second-order valence-corrected chi connectivity index (χ2v) is 6.66. The van der Waals surface area contributed by atoms with E-state index in [0.717, 1.165) is 12.6 Å². The number of likely N-dealkylation sites (tertiary alicyclic amines) is 1. The average Bonchev–Trinajstić information content (AvgIpc) is 2.54. The van der Waals surface area contributed by atoms with Crippen molar-refractivity contribution >= 4 is 0 Å². The van der Waals surface area contributed by atoms with Gasteiger partial charge in [-0.2, -0.15) is 0 Å². The number of piperidine rings is 1. The molecule has 2 saturated heterocycles. The molecule has 1 aromatic carbocycles. The van der Waals surface area contributed by atoms with Gasteiger partial charge >= 0.3 is 0 Å². The first-order valence-electron chi connectivity index (χ1n) is 8.55. The van der Waals surface area contributed by atoms with Crippen LogP contribution in [-0.4, -0.2) is 61.2 Å². The first kappa shape index (κ1) is 15.0. The van der Waals surface area contributed by atoms with Crippen LogP contribution in [0.2, 0.25) is 0 Å². The van der Waals surface area contributed by atoms with Crippen LogP contribution < -0.4 is 5.32 Å². The SMILES string of the molecule is CC1CN(C2CCN(CCc3ccccc3)CC2)CCN1. The van der Waals surface area contributed by atoms with E-state index >= 15 is 0 Å². The maximum atomic E-state index is 3.55. The van der Waals surface area contributed by atoms with E-state index in [1.807, 2.05) is 0 Å². The summed E-state index contributed by atoms with van der Waals surface area (Å²) in [6.45, 7) is 9.70. The molecule has 2 fully saturated rings. The van der Waals surface area contributed by atoms with Gasteiger partial charge in [0.25, 0.3) is 0 Å². The van der Waals surface area contributed by atoms with Crippen LogP contribution in [0.3, 0.4) is 0 Å². The molecule has 0 aliphatic carbocycles. The molecular weight excluding hydrogens is 258 g/mol. The Morgan fingerprint density at radius 2 is 1.86 bits per heavy atom. The van der Waals surface area contributed by atoms with E-state index in [1.165, 1.54) is 57.5 Å². The number of rotatable bonds is 4. The summed E-state index contributed by atoms with van der Waals surface area (Å²) >= 11 is 0. The molecular formula is C18H29N3. The van der Waals surface area contributed by atoms with Crippen molar-refractivity contribution in [1.82, 2.24) is 15.1 Å². The first-order valence-corrected chi connectivity index (χ1v) is 8.55. The molecule has 0 bridgehead atoms. The van der Waals surface area contributed by atoms with E-state index in [1.54, 1.807) is 0 Å². The van der Waals surface area contributed by atoms with Crippen LogP contribution in [0.5, 0.6) is 0 Å². The van der Waals surface area contributed by atoms with Crippen LogP contribution in [0.25, 0.3) is 0 Å². The minimum absolute atomic E-state index is 0.662. The minimum atomic E-state index is 0.662. The third kappa shape index (κ3) is 4.29. The lowest BCUT2D eigenvalue weighted by Crippen LogP contribution is -2.55. The second-order valence-electron chi connectivity index (χ2n) is 6.66. The Balaban J connectivity index is 1.40. The van der Waals surface area contributed by atoms with E-state index in [2.05, 4.69) is 52.4 Å². The van der Waals surface area contributed by atoms with Crippen molar-refractivity contribution in [2.45, 2.75) is 38.3 Å². The third-order valence-corrected chi connectivity index (χ3v) is 5.03. The molecule has 1 atom stereocenters. The highest BCUT2D eigenvalue weighted by atomic mass is 15.2. The second kappa shape index (κ2) is 7.39. The van der Waals surface area contributed by atoms with Gasteiger partial charge in [0.1, 0.15) is 0 Å². The summed E-state index contributed by atoms with van der Waals surface area (Å²) in [5.74, 6) is 0. The van der Waals surface area contributed by atoms with Crippen LogP contribution in [-0.2, 0) is 6.42 Å². The molecule has 1 aromatic rings. The molecule has 21 heavy (non-hydrogen) atoms. The Kier molecular flexibility index (Phi) is 5.28. The lowest BCUT2D eigenvalue weighted by Gasteiger charge is -2.42. The van der Waals surface area contributed by atoms with E-state index < -0.39 is 0 Å². The molecule has 3 nitrogen and oxygen atoms in total. The molecule has 2 aliphatic rings. The molecule has 2 aliphatic heterocycles. The fraction of sp³-hybridized carbons (Fsp3) is 0.667. The van der Waals surface area contributed by atoms with Crippen LogP contribution in [0.4, 0.5) is 0 Å². The highest BCUT2D eigenvalue weighted by molar-refractivity contribution is 5.14. The lowest BCUT2D eigenvalue weighted by molar-refractivity contribution is 0.0864. The number of nitrogens with one attached hydrogen (secondary N) is 1. The maximum Gasteiger partial charge on any atom is 0.0167 e. The van der Waals surface area contributed by atoms with Gasteiger partial charge in [-0.15, -0.1) is 0 Å². The fourth-order valence-corrected chi connectivity index (χ4v) is 3.73. The zero-order chi connectivity index (χ0) is 14.5. The molecule has 0 amide bonds. The number of hydrogen-bond donors (Lipinski definition) is 1. The van der Waals surface area contributed by atoms with Gasteiger partial charge in [-0.1, -0.05) is 30.3 Å². The van der Waals surface area contributed by atoms with Crippen molar-refractivity contribution < 1.29 is 0 Å². The normalized spacial score (nSPS) is 26.0. The van der Waals surface area contributed by atoms with Crippen molar-refractivity contribution in [2.75, 3.05) is 39.3 Å². The molecule has 1 N–H and O–H groups in total. The Bertz CT molecular complexity index is 412. The molecule has 2 heterocycles. The number of piperazine rings is 1. The topological polar surface area (TPSA) is 18.5 Å². The van der Waals surface area contributed by atoms with Gasteiger partial charge < -0.3 is 10.2 Å². The van der Waals surface area contributed by atoms with E-state index in [9.17, 15) is 0 Å². The number of benzene rings is 1. The summed E-state index contributed by atoms with van der Waals surface area (Å²) in [6.07, 6.45) is 3.89. The fourth-order valence-electron chi connectivity index (χ4n) is 3.73. The van der Waals surface area contributed by atoms with E-state index in [-0.39, 0.29) is 0 Å². The van der Waals surface area contributed by atoms with E-state index in [0.29, 0.717) is 6.04 Å². The Morgan fingerprint density at radius 1 is 1.10 bits per heavy atom. The molecule has 3 heteroatoms. The lowest BCUT2D eigenvalue weighted by atomic mass is 10.0.